The number of carbonyl (C=O) groups is 7. The second kappa shape index (κ2) is 24.3. The van der Waals surface area contributed by atoms with Crippen LogP contribution < -0.4 is 32.7 Å². The number of hydrogen-bond donors (Lipinski definition) is 7. The van der Waals surface area contributed by atoms with E-state index in [1.54, 1.807) is 52.0 Å². The van der Waals surface area contributed by atoms with Crippen molar-refractivity contribution in [1.29, 1.82) is 0 Å². The number of primary amides is 1. The maximum atomic E-state index is 13.3. The number of fused-ring (bicyclic) bond motifs is 3. The number of imidazole rings is 1. The molecule has 0 radical (unpaired) electrons. The van der Waals surface area contributed by atoms with E-state index in [0.29, 0.717) is 60.5 Å². The number of nitrogens with one attached hydrogen (secondary N) is 4. The van der Waals surface area contributed by atoms with E-state index in [-0.39, 0.29) is 68.7 Å². The summed E-state index contributed by atoms with van der Waals surface area (Å²) in [6.07, 6.45) is 4.71. The number of imide groups is 1. The van der Waals surface area contributed by atoms with Gasteiger partial charge in [0.2, 0.25) is 17.7 Å². The summed E-state index contributed by atoms with van der Waals surface area (Å²) >= 11 is 0. The van der Waals surface area contributed by atoms with Crippen LogP contribution in [0.2, 0.25) is 0 Å². The number of urea groups is 1. The number of unbranched alkanes of at least 4 members (excludes halogenated alkanes) is 2. The number of nitrogen functional groups attached to an aromatic ring is 1. The predicted octanol–water partition coefficient (Wildman–Crippen LogP) is 3.84. The Morgan fingerprint density at radius 2 is 1.59 bits per heavy atom. The van der Waals surface area contributed by atoms with E-state index in [1.165, 1.54) is 17.1 Å². The minimum absolute atomic E-state index is 0.0398. The van der Waals surface area contributed by atoms with Crippen LogP contribution >= 0.6 is 0 Å². The van der Waals surface area contributed by atoms with Crippen molar-refractivity contribution in [2.45, 2.75) is 105 Å². The van der Waals surface area contributed by atoms with Crippen molar-refractivity contribution < 1.29 is 43.4 Å². The number of aliphatic hydroxyl groups is 1. The minimum Gasteiger partial charge on any atom is -0.445 e. The molecule has 2 aromatic heterocycles. The predicted molar refractivity (Wildman–Crippen MR) is 249 cm³/mol. The molecule has 1 aliphatic rings. The average Bonchev–Trinajstić information content (AvgIpc) is 3.79. The van der Waals surface area contributed by atoms with E-state index in [0.717, 1.165) is 22.2 Å². The molecular formula is C46H63N11O9. The SMILES string of the molecule is CCCNC(N)=O.CCN(Cc1nc2c(N)nc3ccccc3c2n1CC(C)(C)O)C(=O)OCc1ccc(NC(=O)CNC(=O)C(NC(=O)CCCCCN2C(=O)C=CC2=O)C(C)C)cc1. The fraction of sp³-hybridized carbons (Fsp3) is 0.457. The van der Waals surface area contributed by atoms with Gasteiger partial charge in [0, 0.05) is 49.3 Å². The molecule has 1 aliphatic heterocycles. The number of pyridine rings is 1. The monoisotopic (exact) mass is 913 g/mol. The van der Waals surface area contributed by atoms with Gasteiger partial charge in [0.25, 0.3) is 11.8 Å². The summed E-state index contributed by atoms with van der Waals surface area (Å²) in [4.78, 5) is 96.6. The summed E-state index contributed by atoms with van der Waals surface area (Å²) < 4.78 is 7.53. The smallest absolute Gasteiger partial charge is 0.410 e. The quantitative estimate of drug-likeness (QED) is 0.0464. The molecule has 8 amide bonds. The molecule has 3 heterocycles. The number of ether oxygens (including phenoxy) is 1. The van der Waals surface area contributed by atoms with Crippen molar-refractivity contribution in [3.05, 3.63) is 72.1 Å². The topological polar surface area (TPSA) is 286 Å². The average molecular weight is 914 g/mol. The first-order valence-electron chi connectivity index (χ1n) is 22.0. The van der Waals surface area contributed by atoms with E-state index in [9.17, 15) is 38.7 Å². The van der Waals surface area contributed by atoms with Gasteiger partial charge in [0.05, 0.1) is 36.3 Å². The van der Waals surface area contributed by atoms with Gasteiger partial charge in [-0.15, -0.1) is 0 Å². The van der Waals surface area contributed by atoms with Crippen LogP contribution in [0.4, 0.5) is 21.1 Å². The Morgan fingerprint density at radius 1 is 0.909 bits per heavy atom. The van der Waals surface area contributed by atoms with E-state index < -0.39 is 35.6 Å². The van der Waals surface area contributed by atoms with E-state index in [2.05, 4.69) is 26.3 Å². The van der Waals surface area contributed by atoms with Crippen LogP contribution in [-0.2, 0) is 48.4 Å². The molecule has 0 saturated heterocycles. The standard InChI is InChI=1S/C42H53N9O8.C4H10N2O/c1-6-49(23-31-47-37-38(51(31)25-42(4,5)58)29-12-9-10-13-30(29)46-39(37)43)41(57)59-24-27-15-17-28(18-16-27)45-33(53)22-44-40(56)36(26(2)3)48-32(52)14-8-7-11-21-50-34(54)19-20-35(50)55;1-2-3-6-4(5)7/h9-10,12-13,15-20,26,36,58H,6-8,11,14,21-25H2,1-5H3,(H2,43,46)(H,44,56)(H,45,53)(H,48,52);2-3H2,1H3,(H3,5,6,7). The molecule has 20 nitrogen and oxygen atoms in total. The minimum atomic E-state index is -1.10. The highest BCUT2D eigenvalue weighted by Crippen LogP contribution is 2.30. The number of amides is 8. The van der Waals surface area contributed by atoms with Crippen LogP contribution in [0.5, 0.6) is 0 Å². The van der Waals surface area contributed by atoms with E-state index in [1.807, 2.05) is 42.7 Å². The van der Waals surface area contributed by atoms with Crippen LogP contribution in [0.25, 0.3) is 21.9 Å². The number of anilines is 2. The lowest BCUT2D eigenvalue weighted by atomic mass is 10.0. The van der Waals surface area contributed by atoms with Crippen LogP contribution in [-0.4, -0.2) is 109 Å². The second-order valence-corrected chi connectivity index (χ2v) is 16.7. The molecule has 0 fully saturated rings. The normalized spacial score (nSPS) is 12.8. The van der Waals surface area contributed by atoms with Gasteiger partial charge in [0.1, 0.15) is 24.0 Å². The zero-order valence-electron chi connectivity index (χ0n) is 38.5. The molecule has 1 unspecified atom stereocenters. The Kier molecular flexibility index (Phi) is 19.0. The van der Waals surface area contributed by atoms with Gasteiger partial charge in [-0.3, -0.25) is 28.9 Å². The Hall–Kier alpha value is -7.09. The number of rotatable bonds is 21. The van der Waals surface area contributed by atoms with Crippen molar-refractivity contribution >= 4 is 75.1 Å². The highest BCUT2D eigenvalue weighted by molar-refractivity contribution is 6.13. The first kappa shape index (κ1) is 51.5. The zero-order valence-corrected chi connectivity index (χ0v) is 38.5. The van der Waals surface area contributed by atoms with Gasteiger partial charge in [-0.25, -0.2) is 19.6 Å². The number of nitrogens with zero attached hydrogens (tertiary/aromatic N) is 5. The van der Waals surface area contributed by atoms with Crippen LogP contribution in [0.1, 0.15) is 85.0 Å². The molecule has 1 atom stereocenters. The lowest BCUT2D eigenvalue weighted by molar-refractivity contribution is -0.137. The van der Waals surface area contributed by atoms with Crippen molar-refractivity contribution in [2.75, 3.05) is 37.2 Å². The van der Waals surface area contributed by atoms with Crippen molar-refractivity contribution in [1.82, 2.24) is 40.3 Å². The van der Waals surface area contributed by atoms with Crippen LogP contribution in [0, 0.1) is 5.92 Å². The first-order valence-corrected chi connectivity index (χ1v) is 22.0. The van der Waals surface area contributed by atoms with E-state index in [4.69, 9.17) is 21.2 Å². The molecular weight excluding hydrogens is 851 g/mol. The first-order chi connectivity index (χ1) is 31.3. The molecule has 0 saturated carbocycles. The lowest BCUT2D eigenvalue weighted by Crippen LogP contribution is -2.51. The highest BCUT2D eigenvalue weighted by atomic mass is 16.6. The van der Waals surface area contributed by atoms with E-state index >= 15 is 0 Å². The second-order valence-electron chi connectivity index (χ2n) is 16.7. The number of carbonyl (C=O) groups excluding carboxylic acids is 7. The molecule has 66 heavy (non-hydrogen) atoms. The number of hydrogen-bond acceptors (Lipinski definition) is 12. The molecule has 4 aromatic rings. The maximum Gasteiger partial charge on any atom is 0.410 e. The Bertz CT molecular complexity index is 2370. The Morgan fingerprint density at radius 3 is 2.20 bits per heavy atom. The van der Waals surface area contributed by atoms with Gasteiger partial charge in [-0.1, -0.05) is 57.5 Å². The maximum absolute atomic E-state index is 13.3. The van der Waals surface area contributed by atoms with Gasteiger partial charge >= 0.3 is 12.1 Å². The summed E-state index contributed by atoms with van der Waals surface area (Å²) in [5, 5.41) is 22.1. The molecule has 2 aromatic carbocycles. The number of aromatic nitrogens is 3. The largest absolute Gasteiger partial charge is 0.445 e. The third-order valence-corrected chi connectivity index (χ3v) is 10.2. The number of nitrogens with two attached hydrogens (primary N) is 2. The van der Waals surface area contributed by atoms with Crippen molar-refractivity contribution in [2.24, 2.45) is 11.7 Å². The molecule has 0 spiro atoms. The summed E-state index contributed by atoms with van der Waals surface area (Å²) in [6, 6.07) is 13.0. The molecule has 356 valence electrons. The summed E-state index contributed by atoms with van der Waals surface area (Å²) in [5.41, 5.74) is 13.0. The van der Waals surface area contributed by atoms with Gasteiger partial charge in [-0.2, -0.15) is 0 Å². The molecule has 9 N–H and O–H groups in total. The lowest BCUT2D eigenvalue weighted by Gasteiger charge is -2.24. The summed E-state index contributed by atoms with van der Waals surface area (Å²) in [7, 11) is 0. The molecule has 5 rings (SSSR count). The fourth-order valence-corrected chi connectivity index (χ4v) is 6.87. The fourth-order valence-electron chi connectivity index (χ4n) is 6.87. The van der Waals surface area contributed by atoms with Crippen LogP contribution in [0.15, 0.2) is 60.7 Å². The van der Waals surface area contributed by atoms with Crippen LogP contribution in [0.3, 0.4) is 0 Å². The number of para-hydroxylation sites is 1. The summed E-state index contributed by atoms with van der Waals surface area (Å²) in [6.45, 7) is 12.0. The highest BCUT2D eigenvalue weighted by Gasteiger charge is 2.27. The Balaban J connectivity index is 0.00000126. The molecule has 20 heteroatoms. The van der Waals surface area contributed by atoms with Crippen molar-refractivity contribution in [3.8, 4) is 0 Å². The third-order valence-electron chi connectivity index (χ3n) is 10.2. The third kappa shape index (κ3) is 15.3. The van der Waals surface area contributed by atoms with Gasteiger partial charge in [-0.05, 0) is 69.7 Å². The van der Waals surface area contributed by atoms with Crippen molar-refractivity contribution in [3.63, 3.8) is 0 Å². The Labute approximate surface area is 383 Å². The number of benzene rings is 2. The zero-order chi connectivity index (χ0) is 48.6. The summed E-state index contributed by atoms with van der Waals surface area (Å²) in [5.74, 6) is -1.44. The van der Waals surface area contributed by atoms with Gasteiger partial charge in [0.15, 0.2) is 5.82 Å². The molecule has 0 aliphatic carbocycles. The molecule has 0 bridgehead atoms. The van der Waals surface area contributed by atoms with Gasteiger partial charge < -0.3 is 52.0 Å².